The lowest BCUT2D eigenvalue weighted by Gasteiger charge is -2.03. The summed E-state index contributed by atoms with van der Waals surface area (Å²) in [4.78, 5) is 1.41. The van der Waals surface area contributed by atoms with E-state index in [1.165, 1.54) is 48.3 Å². The summed E-state index contributed by atoms with van der Waals surface area (Å²) in [5, 5.41) is 0. The molecule has 15 heavy (non-hydrogen) atoms. The molecule has 0 aliphatic heterocycles. The lowest BCUT2D eigenvalue weighted by atomic mass is 10.1. The van der Waals surface area contributed by atoms with Gasteiger partial charge in [0.25, 0.3) is 0 Å². The lowest BCUT2D eigenvalue weighted by molar-refractivity contribution is 0.717. The second kappa shape index (κ2) is 7.81. The first-order valence-electron chi connectivity index (χ1n) is 6.08. The van der Waals surface area contributed by atoms with Crippen LogP contribution in [0.1, 0.15) is 45.1 Å². The van der Waals surface area contributed by atoms with Gasteiger partial charge in [0, 0.05) is 4.90 Å². The highest BCUT2D eigenvalue weighted by atomic mass is 32.2. The number of rotatable bonds is 7. The summed E-state index contributed by atoms with van der Waals surface area (Å²) in [6.07, 6.45) is 6.49. The van der Waals surface area contributed by atoms with Gasteiger partial charge in [-0.25, -0.2) is 0 Å². The molecule has 0 nitrogen and oxygen atoms in total. The summed E-state index contributed by atoms with van der Waals surface area (Å²) in [5.41, 5.74) is 1.49. The van der Waals surface area contributed by atoms with Crippen molar-refractivity contribution in [2.24, 2.45) is 0 Å². The molecule has 0 fully saturated rings. The number of hydrogen-bond acceptors (Lipinski definition) is 1. The first-order valence-corrected chi connectivity index (χ1v) is 7.07. The summed E-state index contributed by atoms with van der Waals surface area (Å²) in [7, 11) is 0. The smallest absolute Gasteiger partial charge is 0.00721 e. The van der Waals surface area contributed by atoms with E-state index < -0.39 is 0 Å². The van der Waals surface area contributed by atoms with Crippen molar-refractivity contribution in [2.45, 2.75) is 50.8 Å². The van der Waals surface area contributed by atoms with Crippen LogP contribution in [0.2, 0.25) is 0 Å². The average molecular weight is 222 g/mol. The third kappa shape index (κ3) is 5.27. The maximum absolute atomic E-state index is 2.29. The van der Waals surface area contributed by atoms with Gasteiger partial charge in [-0.1, -0.05) is 38.8 Å². The van der Waals surface area contributed by atoms with Gasteiger partial charge in [0.2, 0.25) is 0 Å². The van der Waals surface area contributed by atoms with Gasteiger partial charge in [-0.15, -0.1) is 11.8 Å². The van der Waals surface area contributed by atoms with Crippen LogP contribution in [0, 0.1) is 0 Å². The molecular formula is C14H22S. The van der Waals surface area contributed by atoms with Crippen LogP contribution in [0.15, 0.2) is 29.2 Å². The fourth-order valence-corrected chi connectivity index (χ4v) is 2.32. The molecule has 0 bridgehead atoms. The predicted molar refractivity (Wildman–Crippen MR) is 70.7 cm³/mol. The van der Waals surface area contributed by atoms with Crippen LogP contribution >= 0.6 is 11.8 Å². The minimum absolute atomic E-state index is 1.23. The number of aryl methyl sites for hydroxylation is 1. The fourth-order valence-electron chi connectivity index (χ4n) is 1.55. The van der Waals surface area contributed by atoms with E-state index in [0.29, 0.717) is 0 Å². The molecule has 0 radical (unpaired) electrons. The van der Waals surface area contributed by atoms with Gasteiger partial charge >= 0.3 is 0 Å². The standard InChI is InChI=1S/C14H22S/c1-3-5-6-7-13-8-10-14(11-9-13)15-12-4-2/h8-11H,3-7,12H2,1-2H3. The van der Waals surface area contributed by atoms with Gasteiger partial charge in [0.1, 0.15) is 0 Å². The van der Waals surface area contributed by atoms with Crippen LogP contribution in [-0.4, -0.2) is 5.75 Å². The maximum atomic E-state index is 2.29. The third-order valence-electron chi connectivity index (χ3n) is 2.47. The summed E-state index contributed by atoms with van der Waals surface area (Å²) in [6, 6.07) is 9.10. The molecule has 0 aliphatic rings. The first-order chi connectivity index (χ1) is 7.36. The first kappa shape index (κ1) is 12.6. The van der Waals surface area contributed by atoms with E-state index in [2.05, 4.69) is 38.1 Å². The molecule has 0 aliphatic carbocycles. The van der Waals surface area contributed by atoms with Gasteiger partial charge in [-0.3, -0.25) is 0 Å². The quantitative estimate of drug-likeness (QED) is 0.466. The van der Waals surface area contributed by atoms with E-state index in [-0.39, 0.29) is 0 Å². The molecule has 1 aromatic carbocycles. The highest BCUT2D eigenvalue weighted by molar-refractivity contribution is 7.99. The maximum Gasteiger partial charge on any atom is 0.00721 e. The van der Waals surface area contributed by atoms with E-state index in [0.717, 1.165) is 0 Å². The topological polar surface area (TPSA) is 0 Å². The SMILES string of the molecule is CCCCCc1ccc(SCCC)cc1. The highest BCUT2D eigenvalue weighted by Crippen LogP contribution is 2.19. The number of hydrogen-bond donors (Lipinski definition) is 0. The number of benzene rings is 1. The molecule has 84 valence electrons. The third-order valence-corrected chi connectivity index (χ3v) is 3.68. The minimum Gasteiger partial charge on any atom is -0.126 e. The van der Waals surface area contributed by atoms with Crippen molar-refractivity contribution in [3.8, 4) is 0 Å². The van der Waals surface area contributed by atoms with Gasteiger partial charge in [-0.2, -0.15) is 0 Å². The Morgan fingerprint density at radius 2 is 1.67 bits per heavy atom. The molecule has 0 saturated carbocycles. The highest BCUT2D eigenvalue weighted by Gasteiger charge is 1.95. The summed E-state index contributed by atoms with van der Waals surface area (Å²) < 4.78 is 0. The summed E-state index contributed by atoms with van der Waals surface area (Å²) in [6.45, 7) is 4.48. The molecule has 1 heteroatoms. The van der Waals surface area contributed by atoms with Crippen molar-refractivity contribution in [1.29, 1.82) is 0 Å². The molecule has 1 aromatic rings. The van der Waals surface area contributed by atoms with Gasteiger partial charge in [-0.05, 0) is 42.7 Å². The molecule has 0 saturated heterocycles. The van der Waals surface area contributed by atoms with Gasteiger partial charge in [0.15, 0.2) is 0 Å². The van der Waals surface area contributed by atoms with Crippen LogP contribution in [0.25, 0.3) is 0 Å². The zero-order valence-electron chi connectivity index (χ0n) is 9.96. The average Bonchev–Trinajstić information content (AvgIpc) is 2.28. The molecule has 0 aromatic heterocycles. The molecule has 0 spiro atoms. The lowest BCUT2D eigenvalue weighted by Crippen LogP contribution is -1.85. The van der Waals surface area contributed by atoms with Crippen molar-refractivity contribution >= 4 is 11.8 Å². The Kier molecular flexibility index (Phi) is 6.58. The van der Waals surface area contributed by atoms with Crippen LogP contribution in [0.3, 0.4) is 0 Å². The van der Waals surface area contributed by atoms with E-state index >= 15 is 0 Å². The molecule has 0 unspecified atom stereocenters. The molecule has 0 atom stereocenters. The van der Waals surface area contributed by atoms with E-state index in [4.69, 9.17) is 0 Å². The zero-order chi connectivity index (χ0) is 10.9. The zero-order valence-corrected chi connectivity index (χ0v) is 10.8. The largest absolute Gasteiger partial charge is 0.126 e. The monoisotopic (exact) mass is 222 g/mol. The van der Waals surface area contributed by atoms with Crippen LogP contribution in [-0.2, 0) is 6.42 Å². The molecule has 0 heterocycles. The van der Waals surface area contributed by atoms with Gasteiger partial charge < -0.3 is 0 Å². The van der Waals surface area contributed by atoms with Crippen molar-refractivity contribution in [3.63, 3.8) is 0 Å². The Labute approximate surface area is 98.5 Å². The van der Waals surface area contributed by atoms with Crippen LogP contribution in [0.5, 0.6) is 0 Å². The van der Waals surface area contributed by atoms with Crippen LogP contribution in [0.4, 0.5) is 0 Å². The number of thioether (sulfide) groups is 1. The molecule has 0 N–H and O–H groups in total. The van der Waals surface area contributed by atoms with Crippen LogP contribution < -0.4 is 0 Å². The van der Waals surface area contributed by atoms with Crippen molar-refractivity contribution in [2.75, 3.05) is 5.75 Å². The number of unbranched alkanes of at least 4 members (excludes halogenated alkanes) is 2. The van der Waals surface area contributed by atoms with Crippen molar-refractivity contribution in [3.05, 3.63) is 29.8 Å². The Balaban J connectivity index is 2.35. The summed E-state index contributed by atoms with van der Waals surface area (Å²) in [5.74, 6) is 1.23. The molecule has 0 amide bonds. The van der Waals surface area contributed by atoms with E-state index in [9.17, 15) is 0 Å². The van der Waals surface area contributed by atoms with Gasteiger partial charge in [0.05, 0.1) is 0 Å². The molecule has 1 rings (SSSR count). The van der Waals surface area contributed by atoms with E-state index in [1.54, 1.807) is 0 Å². The normalized spacial score (nSPS) is 10.5. The molecular weight excluding hydrogens is 200 g/mol. The predicted octanol–water partition coefficient (Wildman–Crippen LogP) is 4.92. The fraction of sp³-hybridized carbons (Fsp3) is 0.571. The van der Waals surface area contributed by atoms with Crippen molar-refractivity contribution in [1.82, 2.24) is 0 Å². The van der Waals surface area contributed by atoms with E-state index in [1.807, 2.05) is 11.8 Å². The van der Waals surface area contributed by atoms with Crippen molar-refractivity contribution < 1.29 is 0 Å². The second-order valence-electron chi connectivity index (χ2n) is 3.95. The minimum atomic E-state index is 1.23. The Morgan fingerprint density at radius 1 is 0.933 bits per heavy atom. The Bertz CT molecular complexity index is 251. The Morgan fingerprint density at radius 3 is 2.27 bits per heavy atom. The second-order valence-corrected chi connectivity index (χ2v) is 5.12. The Hall–Kier alpha value is -0.430. The summed E-state index contributed by atoms with van der Waals surface area (Å²) >= 11 is 1.96.